The average Bonchev–Trinajstić information content (AvgIpc) is 2.99. The van der Waals surface area contributed by atoms with Crippen molar-refractivity contribution in [2.75, 3.05) is 26.4 Å². The van der Waals surface area contributed by atoms with Crippen molar-refractivity contribution in [3.63, 3.8) is 0 Å². The lowest BCUT2D eigenvalue weighted by atomic mass is 9.96. The molecule has 0 aliphatic carbocycles. The molecule has 13 N–H and O–H groups in total. The fourth-order valence-electron chi connectivity index (χ4n) is 5.23. The van der Waals surface area contributed by atoms with Gasteiger partial charge >= 0.3 is 0 Å². The lowest BCUT2D eigenvalue weighted by molar-refractivity contribution is -0.394. The van der Waals surface area contributed by atoms with E-state index in [1.54, 1.807) is 0 Å². The van der Waals surface area contributed by atoms with Gasteiger partial charge in [0.15, 0.2) is 25.2 Å². The zero-order chi connectivity index (χ0) is 31.7. The summed E-state index contributed by atoms with van der Waals surface area (Å²) in [7, 11) is 0. The van der Waals surface area contributed by atoms with E-state index in [1.165, 1.54) is 0 Å². The lowest BCUT2D eigenvalue weighted by Crippen LogP contribution is -2.67. The third-order valence-corrected chi connectivity index (χ3v) is 7.82. The Morgan fingerprint density at radius 1 is 0.442 bits per heavy atom. The van der Waals surface area contributed by atoms with Crippen LogP contribution in [0, 0.1) is 0 Å². The van der Waals surface area contributed by atoms with Gasteiger partial charge in [-0.15, -0.1) is 0 Å². The number of ether oxygens (including phenoxy) is 7. The zero-order valence-electron chi connectivity index (χ0n) is 22.5. The van der Waals surface area contributed by atoms with Crippen molar-refractivity contribution in [3.05, 3.63) is 0 Å². The average molecular weight is 637 g/mol. The van der Waals surface area contributed by atoms with Gasteiger partial charge in [0.25, 0.3) is 0 Å². The van der Waals surface area contributed by atoms with Gasteiger partial charge in [-0.05, 0) is 0 Å². The smallest absolute Gasteiger partial charge is 0.187 e. The summed E-state index contributed by atoms with van der Waals surface area (Å²) in [6.45, 7) is -3.01. The molecule has 4 saturated heterocycles. The van der Waals surface area contributed by atoms with E-state index in [2.05, 4.69) is 0 Å². The molecule has 0 saturated carbocycles. The predicted molar refractivity (Wildman–Crippen MR) is 128 cm³/mol. The molecule has 0 spiro atoms. The van der Waals surface area contributed by atoms with E-state index in [0.29, 0.717) is 0 Å². The quantitative estimate of drug-likeness (QED) is 0.112. The topological polar surface area (TPSA) is 328 Å². The Morgan fingerprint density at radius 3 is 1.56 bits per heavy atom. The fraction of sp³-hybridized carbons (Fsp3) is 1.00. The van der Waals surface area contributed by atoms with Crippen LogP contribution in [0.1, 0.15) is 0 Å². The van der Waals surface area contributed by atoms with Crippen molar-refractivity contribution in [1.29, 1.82) is 0 Å². The molecular weight excluding hydrogens is 596 g/mol. The first-order valence-electron chi connectivity index (χ1n) is 13.5. The summed E-state index contributed by atoms with van der Waals surface area (Å²) >= 11 is 0. The Morgan fingerprint density at radius 2 is 0.953 bits per heavy atom. The summed E-state index contributed by atoms with van der Waals surface area (Å²) in [5.41, 5.74) is 0. The van der Waals surface area contributed by atoms with E-state index in [0.717, 1.165) is 0 Å². The molecular formula is C23H40O20. The largest absolute Gasteiger partial charge is 0.394 e. The van der Waals surface area contributed by atoms with Crippen LogP contribution in [-0.2, 0) is 33.2 Å². The summed E-state index contributed by atoms with van der Waals surface area (Å²) in [6.07, 6.45) is -33.3. The summed E-state index contributed by atoms with van der Waals surface area (Å²) in [6, 6.07) is 0. The van der Waals surface area contributed by atoms with Crippen molar-refractivity contribution in [2.45, 2.75) is 117 Å². The van der Waals surface area contributed by atoms with Gasteiger partial charge in [-0.25, -0.2) is 0 Å². The third kappa shape index (κ3) is 7.13. The molecule has 20 nitrogen and oxygen atoms in total. The minimum absolute atomic E-state index is 0.490. The molecule has 43 heavy (non-hydrogen) atoms. The van der Waals surface area contributed by atoms with Gasteiger partial charge in [-0.3, -0.25) is 0 Å². The van der Waals surface area contributed by atoms with Gasteiger partial charge < -0.3 is 99.5 Å². The highest BCUT2D eigenvalue weighted by molar-refractivity contribution is 4.97. The van der Waals surface area contributed by atoms with E-state index in [4.69, 9.17) is 33.2 Å². The fourth-order valence-corrected chi connectivity index (χ4v) is 5.23. The van der Waals surface area contributed by atoms with Crippen LogP contribution in [0.25, 0.3) is 0 Å². The monoisotopic (exact) mass is 636 g/mol. The molecule has 4 rings (SSSR count). The highest BCUT2D eigenvalue weighted by Crippen LogP contribution is 2.34. The SMILES string of the molecule is OC[C@@H]1O[C@H](O[C@H]2[C@@H](O)[C@@H](O[C@@H]3O[C@H](CO)[C@@H](O)[C@H](O)[C@@H]3O[C@@H]3OC[C@@H](O)[C@H](O)[C@@H]3O)[C@H](CO)O[C@H]2O)[C@@H](O)[C@H](O)[C@H]1O. The van der Waals surface area contributed by atoms with Crippen LogP contribution in [0.4, 0.5) is 0 Å². The molecule has 252 valence electrons. The number of hydrogen-bond donors (Lipinski definition) is 13. The second-order valence-corrected chi connectivity index (χ2v) is 10.7. The molecule has 0 unspecified atom stereocenters. The van der Waals surface area contributed by atoms with Crippen LogP contribution in [0.15, 0.2) is 0 Å². The molecule has 0 aromatic carbocycles. The minimum atomic E-state index is -2.00. The first-order valence-corrected chi connectivity index (χ1v) is 13.5. The first kappa shape index (κ1) is 35.1. The molecule has 4 aliphatic rings. The zero-order valence-corrected chi connectivity index (χ0v) is 22.5. The van der Waals surface area contributed by atoms with Crippen molar-refractivity contribution in [1.82, 2.24) is 0 Å². The molecule has 0 aromatic rings. The number of rotatable bonds is 9. The summed E-state index contributed by atoms with van der Waals surface area (Å²) < 4.78 is 38.0. The molecule has 20 heteroatoms. The van der Waals surface area contributed by atoms with Crippen LogP contribution in [-0.4, -0.2) is 210 Å². The van der Waals surface area contributed by atoms with Gasteiger partial charge in [-0.1, -0.05) is 0 Å². The molecule has 4 fully saturated rings. The van der Waals surface area contributed by atoms with Gasteiger partial charge in [0.2, 0.25) is 0 Å². The minimum Gasteiger partial charge on any atom is -0.394 e. The van der Waals surface area contributed by atoms with E-state index < -0.39 is 143 Å². The molecule has 19 atom stereocenters. The lowest BCUT2D eigenvalue weighted by Gasteiger charge is -2.49. The van der Waals surface area contributed by atoms with Gasteiger partial charge in [-0.2, -0.15) is 0 Å². The molecule has 0 amide bonds. The van der Waals surface area contributed by atoms with Crippen LogP contribution in [0.2, 0.25) is 0 Å². The maximum Gasteiger partial charge on any atom is 0.187 e. The second-order valence-electron chi connectivity index (χ2n) is 10.7. The Bertz CT molecular complexity index is 869. The maximum atomic E-state index is 11.2. The van der Waals surface area contributed by atoms with Crippen LogP contribution < -0.4 is 0 Å². The maximum absolute atomic E-state index is 11.2. The summed E-state index contributed by atoms with van der Waals surface area (Å²) in [5.74, 6) is 0. The number of aliphatic hydroxyl groups excluding tert-OH is 13. The van der Waals surface area contributed by atoms with Crippen LogP contribution in [0.5, 0.6) is 0 Å². The van der Waals surface area contributed by atoms with E-state index in [9.17, 15) is 66.4 Å². The third-order valence-electron chi connectivity index (χ3n) is 7.82. The van der Waals surface area contributed by atoms with Crippen molar-refractivity contribution < 1.29 is 99.5 Å². The second kappa shape index (κ2) is 14.7. The number of hydrogen-bond acceptors (Lipinski definition) is 20. The van der Waals surface area contributed by atoms with Gasteiger partial charge in [0.05, 0.1) is 26.4 Å². The highest BCUT2D eigenvalue weighted by atomic mass is 16.8. The molecule has 0 bridgehead atoms. The van der Waals surface area contributed by atoms with Crippen LogP contribution >= 0.6 is 0 Å². The van der Waals surface area contributed by atoms with Crippen molar-refractivity contribution >= 4 is 0 Å². The Labute approximate surface area is 243 Å². The Hall–Kier alpha value is -0.800. The standard InChI is InChI=1S/C23H40O20/c24-1-6-10(29)12(31)15(34)22(39-6)42-18-16(35)17(8(3-26)38-20(18)36)41-23-19(13(32)11(30)7(2-25)40-23)43-21-14(33)9(28)5(27)4-37-21/h5-36H,1-4H2/t5-,6+,7-,8+,9+,10+,11-,12-,13+,14+,15+,16+,17+,18+,19+,20-,21+,22-,23+/m1/s1. The van der Waals surface area contributed by atoms with Crippen molar-refractivity contribution in [2.24, 2.45) is 0 Å². The molecule has 0 radical (unpaired) electrons. The molecule has 4 aliphatic heterocycles. The number of aliphatic hydroxyl groups is 13. The van der Waals surface area contributed by atoms with Gasteiger partial charge in [0.1, 0.15) is 91.6 Å². The Balaban J connectivity index is 1.55. The molecule has 4 heterocycles. The highest BCUT2D eigenvalue weighted by Gasteiger charge is 2.55. The normalized spacial score (nSPS) is 53.1. The summed E-state index contributed by atoms with van der Waals surface area (Å²) in [5, 5.41) is 132. The van der Waals surface area contributed by atoms with Crippen molar-refractivity contribution in [3.8, 4) is 0 Å². The summed E-state index contributed by atoms with van der Waals surface area (Å²) in [4.78, 5) is 0. The van der Waals surface area contributed by atoms with E-state index >= 15 is 0 Å². The first-order chi connectivity index (χ1) is 20.3. The molecule has 0 aromatic heterocycles. The van der Waals surface area contributed by atoms with E-state index in [1.807, 2.05) is 0 Å². The van der Waals surface area contributed by atoms with Crippen LogP contribution in [0.3, 0.4) is 0 Å². The van der Waals surface area contributed by atoms with E-state index in [-0.39, 0.29) is 0 Å². The van der Waals surface area contributed by atoms with Gasteiger partial charge in [0, 0.05) is 0 Å². The Kier molecular flexibility index (Phi) is 12.0. The predicted octanol–water partition coefficient (Wildman–Crippen LogP) is -9.11.